The number of hydrogen-bond donors (Lipinski definition) is 3. The number of carbonyl (C=O) groups excluding carboxylic acids is 1. The van der Waals surface area contributed by atoms with Crippen molar-refractivity contribution in [2.75, 3.05) is 0 Å². The van der Waals surface area contributed by atoms with E-state index < -0.39 is 5.91 Å². The molecule has 1 heterocycles. The monoisotopic (exact) mass is 407 g/mol. The number of carbonyl (C=O) groups is 1. The van der Waals surface area contributed by atoms with Gasteiger partial charge in [-0.05, 0) is 39.7 Å². The molecular weight excluding hydrogens is 390 g/mol. The molecule has 1 aromatic heterocycles. The van der Waals surface area contributed by atoms with E-state index in [0.717, 1.165) is 26.9 Å². The summed E-state index contributed by atoms with van der Waals surface area (Å²) in [5.41, 5.74) is 3.29. The smallest absolute Gasteiger partial charge is 0.276 e. The van der Waals surface area contributed by atoms with E-state index in [4.69, 9.17) is 9.83 Å². The molecule has 0 aliphatic heterocycles. The first-order valence-electron chi connectivity index (χ1n) is 9.66. The molecule has 6 heteroatoms. The second-order valence-electron chi connectivity index (χ2n) is 7.11. The van der Waals surface area contributed by atoms with E-state index in [1.54, 1.807) is 18.2 Å². The first-order chi connectivity index (χ1) is 15.1. The molecule has 0 aliphatic carbocycles. The van der Waals surface area contributed by atoms with Crippen molar-refractivity contribution >= 4 is 44.6 Å². The van der Waals surface area contributed by atoms with Gasteiger partial charge >= 0.3 is 0 Å². The minimum absolute atomic E-state index is 0.0602. The summed E-state index contributed by atoms with van der Waals surface area (Å²) in [7, 11) is 0. The number of phenolic OH excluding ortho intramolecular Hbond substituents is 1. The lowest BCUT2D eigenvalue weighted by Crippen LogP contribution is -2.24. The van der Waals surface area contributed by atoms with Crippen molar-refractivity contribution in [1.82, 2.24) is 5.43 Å². The maximum atomic E-state index is 12.7. The van der Waals surface area contributed by atoms with Crippen LogP contribution in [0, 0.1) is 5.41 Å². The van der Waals surface area contributed by atoms with Gasteiger partial charge in [0.2, 0.25) is 5.55 Å². The van der Waals surface area contributed by atoms with E-state index in [0.29, 0.717) is 11.1 Å². The zero-order valence-corrected chi connectivity index (χ0v) is 16.3. The van der Waals surface area contributed by atoms with Gasteiger partial charge in [-0.15, -0.1) is 0 Å². The van der Waals surface area contributed by atoms with E-state index in [1.165, 1.54) is 6.21 Å². The third-order valence-corrected chi connectivity index (χ3v) is 5.23. The molecule has 5 rings (SSSR count). The standard InChI is InChI=1S/C25H17N3O3/c26-24-20(13-19-17-7-3-1-6-16(17)10-12-23(19)31-24)25(30)28-27-14-21-18-8-4-2-5-15(18)9-11-22(21)29/h1-14,26,29H,(H,28,30). The first kappa shape index (κ1) is 18.6. The second kappa shape index (κ2) is 7.42. The number of aromatic hydroxyl groups is 1. The molecule has 0 fully saturated rings. The number of phenols is 1. The Morgan fingerprint density at radius 2 is 1.58 bits per heavy atom. The SMILES string of the molecule is N=c1oc2ccc3ccccc3c2cc1C(=O)NN=Cc1c(O)ccc2ccccc12. The molecule has 0 saturated heterocycles. The summed E-state index contributed by atoms with van der Waals surface area (Å²) in [6.07, 6.45) is 1.40. The fraction of sp³-hybridized carbons (Fsp3) is 0. The molecule has 150 valence electrons. The maximum Gasteiger partial charge on any atom is 0.276 e. The lowest BCUT2D eigenvalue weighted by molar-refractivity contribution is 0.0951. The summed E-state index contributed by atoms with van der Waals surface area (Å²) in [4.78, 5) is 12.7. The predicted molar refractivity (Wildman–Crippen MR) is 120 cm³/mol. The van der Waals surface area contributed by atoms with Gasteiger partial charge in [-0.2, -0.15) is 5.10 Å². The second-order valence-corrected chi connectivity index (χ2v) is 7.11. The van der Waals surface area contributed by atoms with Crippen molar-refractivity contribution in [2.24, 2.45) is 5.10 Å². The zero-order chi connectivity index (χ0) is 21.4. The van der Waals surface area contributed by atoms with Gasteiger partial charge in [0, 0.05) is 10.9 Å². The Labute approximate surface area is 176 Å². The third kappa shape index (κ3) is 3.30. The van der Waals surface area contributed by atoms with Crippen molar-refractivity contribution in [3.63, 3.8) is 0 Å². The molecule has 0 unspecified atom stereocenters. The van der Waals surface area contributed by atoms with Gasteiger partial charge in [-0.1, -0.05) is 60.7 Å². The van der Waals surface area contributed by atoms with Crippen LogP contribution < -0.4 is 11.0 Å². The van der Waals surface area contributed by atoms with Crippen LogP contribution >= 0.6 is 0 Å². The Morgan fingerprint density at radius 1 is 0.903 bits per heavy atom. The van der Waals surface area contributed by atoms with Crippen molar-refractivity contribution in [3.05, 3.63) is 95.5 Å². The molecule has 0 spiro atoms. The molecule has 1 amide bonds. The van der Waals surface area contributed by atoms with Crippen molar-refractivity contribution in [3.8, 4) is 5.75 Å². The highest BCUT2D eigenvalue weighted by Crippen LogP contribution is 2.26. The predicted octanol–water partition coefficient (Wildman–Crippen LogP) is 4.69. The highest BCUT2D eigenvalue weighted by atomic mass is 16.3. The fourth-order valence-corrected chi connectivity index (χ4v) is 3.69. The Hall–Kier alpha value is -4.45. The molecule has 0 radical (unpaired) electrons. The number of nitrogens with zero attached hydrogens (tertiary/aromatic N) is 1. The van der Waals surface area contributed by atoms with Gasteiger partial charge in [-0.3, -0.25) is 10.2 Å². The molecule has 0 bridgehead atoms. The summed E-state index contributed by atoms with van der Waals surface area (Å²) in [6, 6.07) is 24.1. The van der Waals surface area contributed by atoms with Crippen LogP contribution in [0.25, 0.3) is 32.5 Å². The topological polar surface area (TPSA) is 98.7 Å². The third-order valence-electron chi connectivity index (χ3n) is 5.23. The number of nitrogens with one attached hydrogen (secondary N) is 2. The highest BCUT2D eigenvalue weighted by molar-refractivity contribution is 6.08. The van der Waals surface area contributed by atoms with Gasteiger partial charge < -0.3 is 9.52 Å². The lowest BCUT2D eigenvalue weighted by Gasteiger charge is -2.06. The van der Waals surface area contributed by atoms with Crippen LogP contribution in [0.4, 0.5) is 0 Å². The highest BCUT2D eigenvalue weighted by Gasteiger charge is 2.13. The molecule has 31 heavy (non-hydrogen) atoms. The molecule has 4 aromatic carbocycles. The Bertz CT molecular complexity index is 1570. The number of amides is 1. The zero-order valence-electron chi connectivity index (χ0n) is 16.3. The van der Waals surface area contributed by atoms with Crippen LogP contribution in [0.5, 0.6) is 5.75 Å². The van der Waals surface area contributed by atoms with Crippen molar-refractivity contribution in [2.45, 2.75) is 0 Å². The summed E-state index contributed by atoms with van der Waals surface area (Å²) >= 11 is 0. The van der Waals surface area contributed by atoms with E-state index >= 15 is 0 Å². The Balaban J connectivity index is 1.50. The molecule has 5 aromatic rings. The first-order valence-corrected chi connectivity index (χ1v) is 9.66. The summed E-state index contributed by atoms with van der Waals surface area (Å²) in [5, 5.41) is 26.8. The summed E-state index contributed by atoms with van der Waals surface area (Å²) < 4.78 is 5.58. The van der Waals surface area contributed by atoms with Crippen LogP contribution in [-0.4, -0.2) is 17.2 Å². The van der Waals surface area contributed by atoms with E-state index in [-0.39, 0.29) is 16.9 Å². The summed E-state index contributed by atoms with van der Waals surface area (Å²) in [6.45, 7) is 0. The average molecular weight is 407 g/mol. The van der Waals surface area contributed by atoms with E-state index in [9.17, 15) is 9.90 Å². The minimum Gasteiger partial charge on any atom is -0.507 e. The number of hydrogen-bond acceptors (Lipinski definition) is 5. The largest absolute Gasteiger partial charge is 0.507 e. The Morgan fingerprint density at radius 3 is 2.39 bits per heavy atom. The quantitative estimate of drug-likeness (QED) is 0.230. The van der Waals surface area contributed by atoms with Crippen LogP contribution in [0.1, 0.15) is 15.9 Å². The van der Waals surface area contributed by atoms with Crippen molar-refractivity contribution in [1.29, 1.82) is 5.41 Å². The van der Waals surface area contributed by atoms with Crippen LogP contribution in [0.15, 0.2) is 88.4 Å². The van der Waals surface area contributed by atoms with Crippen LogP contribution in [0.2, 0.25) is 0 Å². The van der Waals surface area contributed by atoms with Crippen LogP contribution in [-0.2, 0) is 0 Å². The fourth-order valence-electron chi connectivity index (χ4n) is 3.69. The number of hydrazone groups is 1. The number of rotatable bonds is 3. The van der Waals surface area contributed by atoms with Gasteiger partial charge in [-0.25, -0.2) is 5.43 Å². The molecule has 3 N–H and O–H groups in total. The maximum absolute atomic E-state index is 12.7. The lowest BCUT2D eigenvalue weighted by atomic mass is 10.0. The summed E-state index contributed by atoms with van der Waals surface area (Å²) in [5.74, 6) is -0.510. The van der Waals surface area contributed by atoms with Gasteiger partial charge in [0.05, 0.1) is 6.21 Å². The van der Waals surface area contributed by atoms with Gasteiger partial charge in [0.1, 0.15) is 16.9 Å². The van der Waals surface area contributed by atoms with Crippen LogP contribution in [0.3, 0.4) is 0 Å². The van der Waals surface area contributed by atoms with E-state index in [2.05, 4.69) is 10.5 Å². The number of benzene rings is 4. The van der Waals surface area contributed by atoms with Crippen molar-refractivity contribution < 1.29 is 14.3 Å². The minimum atomic E-state index is -0.570. The van der Waals surface area contributed by atoms with Gasteiger partial charge in [0.15, 0.2) is 0 Å². The van der Waals surface area contributed by atoms with Gasteiger partial charge in [0.25, 0.3) is 5.91 Å². The molecule has 0 atom stereocenters. The normalized spacial score (nSPS) is 11.5. The molecular formula is C25H17N3O3. The number of fused-ring (bicyclic) bond motifs is 4. The Kier molecular flexibility index (Phi) is 4.45. The molecule has 0 aliphatic rings. The molecule has 0 saturated carbocycles. The average Bonchev–Trinajstić information content (AvgIpc) is 2.79. The van der Waals surface area contributed by atoms with E-state index in [1.807, 2.05) is 60.7 Å². The molecule has 6 nitrogen and oxygen atoms in total.